The molecule has 0 saturated carbocycles. The molecule has 210 valence electrons. The standard InChI is InChI=1S/C27H28Cl2FN7O3/c1-14(2)23-20-22(32-35(23)13-19-31-33-34-37(19)26(39)40-27(3,4)5)25(38)36(18-8-6-7-17(29)21(18)30)24(20)15-9-11-16(28)12-10-15/h6-12,14,24,26,39H,13H2,1-5H3. The van der Waals surface area contributed by atoms with Gasteiger partial charge >= 0.3 is 0 Å². The fraction of sp³-hybridized carbons (Fsp3) is 0.370. The Morgan fingerprint density at radius 3 is 2.48 bits per heavy atom. The van der Waals surface area contributed by atoms with Gasteiger partial charge in [0.15, 0.2) is 17.3 Å². The number of hydrogen-bond acceptors (Lipinski definition) is 7. The second kappa shape index (κ2) is 10.5. The summed E-state index contributed by atoms with van der Waals surface area (Å²) in [4.78, 5) is 15.3. The van der Waals surface area contributed by atoms with E-state index >= 15 is 4.39 Å². The van der Waals surface area contributed by atoms with Gasteiger partial charge < -0.3 is 9.84 Å². The number of hydrogen-bond donors (Lipinski definition) is 1. The zero-order valence-electron chi connectivity index (χ0n) is 22.5. The van der Waals surface area contributed by atoms with Crippen molar-refractivity contribution in [2.45, 2.75) is 65.1 Å². The van der Waals surface area contributed by atoms with E-state index in [0.717, 1.165) is 15.9 Å². The van der Waals surface area contributed by atoms with Crippen LogP contribution in [0.5, 0.6) is 0 Å². The average Bonchev–Trinajstić information content (AvgIpc) is 3.55. The first kappa shape index (κ1) is 28.2. The number of halogens is 3. The van der Waals surface area contributed by atoms with E-state index in [1.807, 2.05) is 13.8 Å². The molecule has 13 heteroatoms. The molecule has 5 rings (SSSR count). The Morgan fingerprint density at radius 1 is 1.12 bits per heavy atom. The fourth-order valence-electron chi connectivity index (χ4n) is 4.88. The van der Waals surface area contributed by atoms with Crippen molar-refractivity contribution >= 4 is 34.8 Å². The summed E-state index contributed by atoms with van der Waals surface area (Å²) < 4.78 is 23.7. The fourth-order valence-corrected chi connectivity index (χ4v) is 5.18. The molecular weight excluding hydrogens is 560 g/mol. The third kappa shape index (κ3) is 5.10. The Bertz CT molecular complexity index is 1560. The number of fused-ring (bicyclic) bond motifs is 1. The van der Waals surface area contributed by atoms with Crippen molar-refractivity contribution in [3.8, 4) is 0 Å². The van der Waals surface area contributed by atoms with Crippen LogP contribution >= 0.6 is 23.2 Å². The van der Waals surface area contributed by atoms with Gasteiger partial charge in [0, 0.05) is 16.3 Å². The van der Waals surface area contributed by atoms with Crippen LogP contribution in [0.4, 0.5) is 10.1 Å². The zero-order chi connectivity index (χ0) is 28.9. The van der Waals surface area contributed by atoms with Crippen molar-refractivity contribution in [1.82, 2.24) is 30.0 Å². The molecule has 0 aliphatic carbocycles. The van der Waals surface area contributed by atoms with Crippen molar-refractivity contribution in [3.05, 3.63) is 86.7 Å². The minimum atomic E-state index is -1.43. The molecule has 40 heavy (non-hydrogen) atoms. The Morgan fingerprint density at radius 2 is 1.82 bits per heavy atom. The molecule has 2 atom stereocenters. The number of carbonyl (C=O) groups is 1. The van der Waals surface area contributed by atoms with Gasteiger partial charge in [-0.15, -0.1) is 5.10 Å². The molecule has 2 aromatic heterocycles. The summed E-state index contributed by atoms with van der Waals surface area (Å²) in [7, 11) is 0. The monoisotopic (exact) mass is 587 g/mol. The third-order valence-corrected chi connectivity index (χ3v) is 6.97. The van der Waals surface area contributed by atoms with Crippen LogP contribution in [0.2, 0.25) is 10.0 Å². The second-order valence-corrected chi connectivity index (χ2v) is 11.6. The lowest BCUT2D eigenvalue weighted by Gasteiger charge is -2.28. The van der Waals surface area contributed by atoms with Crippen molar-refractivity contribution < 1.29 is 19.0 Å². The van der Waals surface area contributed by atoms with Crippen molar-refractivity contribution in [3.63, 3.8) is 0 Å². The summed E-state index contributed by atoms with van der Waals surface area (Å²) in [5, 5.41) is 27.4. The predicted octanol–water partition coefficient (Wildman–Crippen LogP) is 5.50. The molecule has 2 unspecified atom stereocenters. The molecule has 3 heterocycles. The van der Waals surface area contributed by atoms with E-state index < -0.39 is 29.8 Å². The maximum absolute atomic E-state index is 15.3. The molecule has 1 N–H and O–H groups in total. The van der Waals surface area contributed by atoms with Gasteiger partial charge in [0.1, 0.15) is 6.54 Å². The van der Waals surface area contributed by atoms with Crippen LogP contribution in [0.25, 0.3) is 0 Å². The molecule has 10 nitrogen and oxygen atoms in total. The quantitative estimate of drug-likeness (QED) is 0.284. The minimum absolute atomic E-state index is 0.0445. The van der Waals surface area contributed by atoms with Gasteiger partial charge in [-0.3, -0.25) is 14.4 Å². The average molecular weight is 588 g/mol. The highest BCUT2D eigenvalue weighted by molar-refractivity contribution is 6.31. The summed E-state index contributed by atoms with van der Waals surface area (Å²) in [5.41, 5.74) is 1.64. The van der Waals surface area contributed by atoms with Crippen LogP contribution < -0.4 is 4.90 Å². The SMILES string of the molecule is CC(C)c1c2c(nn1Cc1nnnn1C(O)OC(C)(C)C)C(=O)N(c1cccc(Cl)c1F)C2c1ccc(Cl)cc1. The van der Waals surface area contributed by atoms with Crippen LogP contribution in [-0.4, -0.2) is 46.6 Å². The van der Waals surface area contributed by atoms with Crippen LogP contribution in [-0.2, 0) is 11.3 Å². The van der Waals surface area contributed by atoms with Gasteiger partial charge in [-0.2, -0.15) is 9.78 Å². The first-order valence-corrected chi connectivity index (χ1v) is 13.4. The number of benzene rings is 2. The maximum atomic E-state index is 15.3. The first-order valence-electron chi connectivity index (χ1n) is 12.6. The maximum Gasteiger partial charge on any atom is 0.280 e. The Labute approximate surface area is 240 Å². The largest absolute Gasteiger partial charge is 0.350 e. The molecule has 0 fully saturated rings. The zero-order valence-corrected chi connectivity index (χ0v) is 24.0. The molecule has 0 bridgehead atoms. The summed E-state index contributed by atoms with van der Waals surface area (Å²) in [6.45, 7) is 9.38. The number of carbonyl (C=O) groups excluding carboxylic acids is 1. The Hall–Kier alpha value is -3.38. The molecule has 1 amide bonds. The summed E-state index contributed by atoms with van der Waals surface area (Å²) in [6, 6.07) is 10.9. The van der Waals surface area contributed by atoms with Gasteiger partial charge in [-0.05, 0) is 66.9 Å². The Kier molecular flexibility index (Phi) is 7.43. The topological polar surface area (TPSA) is 111 Å². The van der Waals surface area contributed by atoms with Crippen LogP contribution in [0.15, 0.2) is 42.5 Å². The number of tetrazole rings is 1. The van der Waals surface area contributed by atoms with Gasteiger partial charge in [0.2, 0.25) is 0 Å². The van der Waals surface area contributed by atoms with E-state index in [-0.39, 0.29) is 34.7 Å². The number of aliphatic hydroxyl groups excluding tert-OH is 1. The van der Waals surface area contributed by atoms with Gasteiger partial charge in [-0.1, -0.05) is 55.2 Å². The van der Waals surface area contributed by atoms with Gasteiger partial charge in [0.25, 0.3) is 12.3 Å². The normalized spacial score (nSPS) is 16.2. The molecule has 0 radical (unpaired) electrons. The highest BCUT2D eigenvalue weighted by Crippen LogP contribution is 2.46. The second-order valence-electron chi connectivity index (χ2n) is 10.8. The molecule has 1 aliphatic heterocycles. The summed E-state index contributed by atoms with van der Waals surface area (Å²) in [6.07, 6.45) is -1.43. The number of aromatic nitrogens is 6. The highest BCUT2D eigenvalue weighted by atomic mass is 35.5. The number of ether oxygens (including phenoxy) is 1. The van der Waals surface area contributed by atoms with Crippen LogP contribution in [0.1, 0.15) is 86.1 Å². The van der Waals surface area contributed by atoms with Crippen molar-refractivity contribution in [2.75, 3.05) is 4.90 Å². The molecule has 0 spiro atoms. The van der Waals surface area contributed by atoms with Gasteiger partial charge in [0.05, 0.1) is 22.4 Å². The number of anilines is 1. The minimum Gasteiger partial charge on any atom is -0.350 e. The Balaban J connectivity index is 1.64. The molecule has 0 saturated heterocycles. The van der Waals surface area contributed by atoms with Crippen LogP contribution in [0.3, 0.4) is 0 Å². The van der Waals surface area contributed by atoms with Crippen molar-refractivity contribution in [2.24, 2.45) is 0 Å². The number of rotatable bonds is 7. The smallest absolute Gasteiger partial charge is 0.280 e. The van der Waals surface area contributed by atoms with E-state index in [1.165, 1.54) is 17.0 Å². The molecule has 2 aromatic carbocycles. The van der Waals surface area contributed by atoms with Crippen molar-refractivity contribution in [1.29, 1.82) is 0 Å². The van der Waals surface area contributed by atoms with Crippen LogP contribution in [0, 0.1) is 5.82 Å². The first-order chi connectivity index (χ1) is 18.9. The summed E-state index contributed by atoms with van der Waals surface area (Å²) >= 11 is 12.3. The third-order valence-electron chi connectivity index (χ3n) is 6.43. The highest BCUT2D eigenvalue weighted by Gasteiger charge is 2.45. The lowest BCUT2D eigenvalue weighted by atomic mass is 9.94. The molecular formula is C27H28Cl2FN7O3. The molecule has 4 aromatic rings. The van der Waals surface area contributed by atoms with E-state index in [1.54, 1.807) is 55.8 Å². The lowest BCUT2D eigenvalue weighted by molar-refractivity contribution is -0.216. The van der Waals surface area contributed by atoms with E-state index in [9.17, 15) is 9.90 Å². The van der Waals surface area contributed by atoms with E-state index in [2.05, 4.69) is 20.6 Å². The number of nitrogens with zero attached hydrogens (tertiary/aromatic N) is 7. The number of amides is 1. The van der Waals surface area contributed by atoms with E-state index in [0.29, 0.717) is 10.6 Å². The van der Waals surface area contributed by atoms with E-state index in [4.69, 9.17) is 27.9 Å². The predicted molar refractivity (Wildman–Crippen MR) is 147 cm³/mol. The summed E-state index contributed by atoms with van der Waals surface area (Å²) in [5.74, 6) is -1.02. The van der Waals surface area contributed by atoms with Gasteiger partial charge in [-0.25, -0.2) is 4.39 Å². The molecule has 1 aliphatic rings. The lowest BCUT2D eigenvalue weighted by Crippen LogP contribution is -2.31. The number of aliphatic hydroxyl groups is 1.